The zero-order valence-electron chi connectivity index (χ0n) is 10.4. The maximum absolute atomic E-state index is 11.8. The Kier molecular flexibility index (Phi) is 3.37. The van der Waals surface area contributed by atoms with Gasteiger partial charge in [-0.1, -0.05) is 12.1 Å². The molecule has 1 aromatic heterocycles. The molecule has 0 bridgehead atoms. The second-order valence-electron chi connectivity index (χ2n) is 4.10. The van der Waals surface area contributed by atoms with Crippen LogP contribution in [0.2, 0.25) is 0 Å². The van der Waals surface area contributed by atoms with Crippen LogP contribution >= 0.6 is 0 Å². The first-order chi connectivity index (χ1) is 8.61. The first-order valence-electron chi connectivity index (χ1n) is 5.64. The van der Waals surface area contributed by atoms with Crippen LogP contribution in [0, 0.1) is 6.92 Å². The quantitative estimate of drug-likeness (QED) is 0.898. The molecule has 4 nitrogen and oxygen atoms in total. The maximum Gasteiger partial charge on any atom is 0.293 e. The number of nitrogens with zero attached hydrogens (tertiary/aromatic N) is 1. The summed E-state index contributed by atoms with van der Waals surface area (Å²) in [6.07, 6.45) is 0. The van der Waals surface area contributed by atoms with Crippen molar-refractivity contribution in [3.63, 3.8) is 0 Å². The number of rotatable bonds is 3. The summed E-state index contributed by atoms with van der Waals surface area (Å²) in [5.74, 6) is 0.549. The van der Waals surface area contributed by atoms with Crippen molar-refractivity contribution >= 4 is 0 Å². The summed E-state index contributed by atoms with van der Waals surface area (Å²) in [7, 11) is 1.61. The van der Waals surface area contributed by atoms with Crippen molar-refractivity contribution < 1.29 is 9.84 Å². The number of aromatic hydroxyl groups is 1. The predicted molar refractivity (Wildman–Crippen MR) is 69.2 cm³/mol. The van der Waals surface area contributed by atoms with Gasteiger partial charge in [-0.3, -0.25) is 4.79 Å². The van der Waals surface area contributed by atoms with Gasteiger partial charge < -0.3 is 14.4 Å². The van der Waals surface area contributed by atoms with E-state index < -0.39 is 0 Å². The molecule has 2 aromatic rings. The van der Waals surface area contributed by atoms with Crippen LogP contribution in [-0.4, -0.2) is 16.8 Å². The second kappa shape index (κ2) is 4.96. The summed E-state index contributed by atoms with van der Waals surface area (Å²) in [6, 6.07) is 10.6. The van der Waals surface area contributed by atoms with Crippen molar-refractivity contribution in [3.05, 3.63) is 58.0 Å². The molecule has 0 saturated heterocycles. The van der Waals surface area contributed by atoms with E-state index in [-0.39, 0.29) is 11.3 Å². The Morgan fingerprint density at radius 1 is 1.17 bits per heavy atom. The molecule has 0 atom stereocenters. The van der Waals surface area contributed by atoms with Gasteiger partial charge in [-0.25, -0.2) is 0 Å². The van der Waals surface area contributed by atoms with Crippen LogP contribution in [0.4, 0.5) is 0 Å². The fourth-order valence-corrected chi connectivity index (χ4v) is 1.77. The van der Waals surface area contributed by atoms with Crippen molar-refractivity contribution in [3.8, 4) is 11.5 Å². The van der Waals surface area contributed by atoms with Crippen LogP contribution in [0.1, 0.15) is 11.3 Å². The highest BCUT2D eigenvalue weighted by atomic mass is 16.5. The van der Waals surface area contributed by atoms with Gasteiger partial charge in [0, 0.05) is 5.69 Å². The van der Waals surface area contributed by atoms with Gasteiger partial charge in [-0.2, -0.15) is 0 Å². The van der Waals surface area contributed by atoms with Crippen LogP contribution in [0.3, 0.4) is 0 Å². The van der Waals surface area contributed by atoms with Gasteiger partial charge >= 0.3 is 0 Å². The number of aryl methyl sites for hydroxylation is 1. The minimum Gasteiger partial charge on any atom is -0.503 e. The van der Waals surface area contributed by atoms with E-state index in [0.717, 1.165) is 17.0 Å². The molecule has 94 valence electrons. The fraction of sp³-hybridized carbons (Fsp3) is 0.214. The highest BCUT2D eigenvalue weighted by molar-refractivity contribution is 5.28. The van der Waals surface area contributed by atoms with E-state index >= 15 is 0 Å². The number of benzene rings is 1. The molecule has 2 rings (SSSR count). The van der Waals surface area contributed by atoms with Crippen LogP contribution in [0.15, 0.2) is 41.2 Å². The molecule has 4 heteroatoms. The largest absolute Gasteiger partial charge is 0.503 e. The number of ether oxygens (including phenoxy) is 1. The average Bonchev–Trinajstić information content (AvgIpc) is 2.40. The van der Waals surface area contributed by atoms with E-state index in [9.17, 15) is 9.90 Å². The van der Waals surface area contributed by atoms with Crippen molar-refractivity contribution in [2.45, 2.75) is 13.5 Å². The minimum atomic E-state index is -0.370. The summed E-state index contributed by atoms with van der Waals surface area (Å²) in [6.45, 7) is 2.27. The minimum absolute atomic E-state index is 0.228. The van der Waals surface area contributed by atoms with Crippen molar-refractivity contribution in [2.24, 2.45) is 0 Å². The molecule has 0 aliphatic carbocycles. The number of pyridine rings is 1. The first kappa shape index (κ1) is 12.2. The van der Waals surface area contributed by atoms with Crippen molar-refractivity contribution in [2.75, 3.05) is 7.11 Å². The highest BCUT2D eigenvalue weighted by Crippen LogP contribution is 2.13. The molecule has 0 saturated carbocycles. The average molecular weight is 245 g/mol. The van der Waals surface area contributed by atoms with E-state index in [1.165, 1.54) is 10.6 Å². The number of hydrogen-bond acceptors (Lipinski definition) is 3. The van der Waals surface area contributed by atoms with Gasteiger partial charge in [0.15, 0.2) is 5.75 Å². The Labute approximate surface area is 105 Å². The molecular formula is C14H15NO3. The standard InChI is InChI=1S/C14H15NO3/c1-10-3-8-13(16)14(17)15(10)9-11-4-6-12(18-2)7-5-11/h3-8,16H,9H2,1-2H3. The summed E-state index contributed by atoms with van der Waals surface area (Å²) in [4.78, 5) is 11.8. The topological polar surface area (TPSA) is 51.5 Å². The third-order valence-electron chi connectivity index (χ3n) is 2.87. The Bertz CT molecular complexity index is 599. The van der Waals surface area contributed by atoms with Crippen molar-refractivity contribution in [1.29, 1.82) is 0 Å². The molecule has 1 N–H and O–H groups in total. The smallest absolute Gasteiger partial charge is 0.293 e. The Balaban J connectivity index is 2.33. The molecule has 0 unspecified atom stereocenters. The molecule has 1 heterocycles. The van der Waals surface area contributed by atoms with E-state index in [4.69, 9.17) is 4.74 Å². The second-order valence-corrected chi connectivity index (χ2v) is 4.10. The lowest BCUT2D eigenvalue weighted by molar-refractivity contribution is 0.414. The molecule has 0 aliphatic rings. The fourth-order valence-electron chi connectivity index (χ4n) is 1.77. The third kappa shape index (κ3) is 2.37. The summed E-state index contributed by atoms with van der Waals surface area (Å²) < 4.78 is 6.62. The number of aromatic nitrogens is 1. The zero-order valence-corrected chi connectivity index (χ0v) is 10.4. The monoisotopic (exact) mass is 245 g/mol. The third-order valence-corrected chi connectivity index (χ3v) is 2.87. The summed E-state index contributed by atoms with van der Waals surface area (Å²) in [5.41, 5.74) is 1.42. The van der Waals surface area contributed by atoms with Crippen LogP contribution < -0.4 is 10.3 Å². The molecule has 18 heavy (non-hydrogen) atoms. The van der Waals surface area contributed by atoms with Crippen LogP contribution in [0.25, 0.3) is 0 Å². The molecule has 0 spiro atoms. The molecule has 0 radical (unpaired) electrons. The highest BCUT2D eigenvalue weighted by Gasteiger charge is 2.05. The molecule has 0 amide bonds. The van der Waals surface area contributed by atoms with Crippen LogP contribution in [-0.2, 0) is 6.54 Å². The van der Waals surface area contributed by atoms with Gasteiger partial charge in [0.2, 0.25) is 0 Å². The Morgan fingerprint density at radius 3 is 2.44 bits per heavy atom. The van der Waals surface area contributed by atoms with E-state index in [1.807, 2.05) is 31.2 Å². The maximum atomic E-state index is 11.8. The molecule has 0 aliphatic heterocycles. The Hall–Kier alpha value is -2.23. The van der Waals surface area contributed by atoms with E-state index in [0.29, 0.717) is 6.54 Å². The Morgan fingerprint density at radius 2 is 1.83 bits per heavy atom. The van der Waals surface area contributed by atoms with Gasteiger partial charge in [0.05, 0.1) is 13.7 Å². The first-order valence-corrected chi connectivity index (χ1v) is 5.64. The lowest BCUT2D eigenvalue weighted by atomic mass is 10.2. The van der Waals surface area contributed by atoms with E-state index in [2.05, 4.69) is 0 Å². The normalized spacial score (nSPS) is 10.3. The summed E-state index contributed by atoms with van der Waals surface area (Å²) in [5, 5.41) is 9.43. The van der Waals surface area contributed by atoms with Gasteiger partial charge in [0.1, 0.15) is 5.75 Å². The summed E-state index contributed by atoms with van der Waals surface area (Å²) >= 11 is 0. The molecule has 1 aromatic carbocycles. The molecule has 0 fully saturated rings. The SMILES string of the molecule is COc1ccc(Cn2c(C)ccc(O)c2=O)cc1. The van der Waals surface area contributed by atoms with Gasteiger partial charge in [0.25, 0.3) is 5.56 Å². The predicted octanol–water partition coefficient (Wildman–Crippen LogP) is 1.92. The van der Waals surface area contributed by atoms with E-state index in [1.54, 1.807) is 13.2 Å². The van der Waals surface area contributed by atoms with Crippen LogP contribution in [0.5, 0.6) is 11.5 Å². The van der Waals surface area contributed by atoms with Crippen molar-refractivity contribution in [1.82, 2.24) is 4.57 Å². The number of hydrogen-bond donors (Lipinski definition) is 1. The van der Waals surface area contributed by atoms with Gasteiger partial charge in [-0.15, -0.1) is 0 Å². The lowest BCUT2D eigenvalue weighted by Crippen LogP contribution is -2.22. The zero-order chi connectivity index (χ0) is 13.1. The van der Waals surface area contributed by atoms with Gasteiger partial charge in [-0.05, 0) is 36.8 Å². The number of methoxy groups -OCH3 is 1. The molecular weight excluding hydrogens is 230 g/mol. The lowest BCUT2D eigenvalue weighted by Gasteiger charge is -2.10.